The number of rotatable bonds is 5. The third-order valence-electron chi connectivity index (χ3n) is 6.55. The Kier molecular flexibility index (Phi) is 6.26. The largest absolute Gasteiger partial charge is 0.344 e. The van der Waals surface area contributed by atoms with Gasteiger partial charge in [0.15, 0.2) is 0 Å². The first-order chi connectivity index (χ1) is 16.7. The number of amides is 1. The number of benzene rings is 3. The van der Waals surface area contributed by atoms with E-state index in [4.69, 9.17) is 4.98 Å². The van der Waals surface area contributed by atoms with Crippen molar-refractivity contribution in [2.24, 2.45) is 0 Å². The number of hydrogen-bond donors (Lipinski definition) is 1. The normalized spacial score (nSPS) is 15.4. The molecule has 1 aromatic heterocycles. The first kappa shape index (κ1) is 22.1. The molecule has 1 amide bonds. The van der Waals surface area contributed by atoms with Crippen LogP contribution in [0.4, 0.5) is 4.39 Å². The molecule has 0 bridgehead atoms. The summed E-state index contributed by atoms with van der Waals surface area (Å²) in [5.74, 6) is 0.167. The molecule has 1 aliphatic rings. The SMILES string of the molecule is CCn1c(-c2ccccc2)nc(-c2cccc(F)c2)c1C(=O)NC1CCCCc2ccccc21. The molecule has 0 saturated carbocycles. The quantitative estimate of drug-likeness (QED) is 0.347. The number of nitrogens with one attached hydrogen (secondary N) is 1. The molecule has 1 heterocycles. The molecule has 1 aliphatic carbocycles. The minimum Gasteiger partial charge on any atom is -0.344 e. The minimum absolute atomic E-state index is 0.0630. The monoisotopic (exact) mass is 453 g/mol. The lowest BCUT2D eigenvalue weighted by atomic mass is 9.99. The lowest BCUT2D eigenvalue weighted by Gasteiger charge is -2.20. The highest BCUT2D eigenvalue weighted by molar-refractivity contribution is 5.99. The van der Waals surface area contributed by atoms with Gasteiger partial charge in [-0.05, 0) is 49.4 Å². The summed E-state index contributed by atoms with van der Waals surface area (Å²) >= 11 is 0. The van der Waals surface area contributed by atoms with Crippen molar-refractivity contribution in [1.82, 2.24) is 14.9 Å². The smallest absolute Gasteiger partial charge is 0.270 e. The highest BCUT2D eigenvalue weighted by Crippen LogP contribution is 2.32. The number of carbonyl (C=O) groups excluding carboxylic acids is 1. The predicted octanol–water partition coefficient (Wildman–Crippen LogP) is 6.57. The number of imidazole rings is 1. The first-order valence-electron chi connectivity index (χ1n) is 12.0. The molecule has 0 aliphatic heterocycles. The maximum atomic E-state index is 14.1. The van der Waals surface area contributed by atoms with Crippen LogP contribution in [0.3, 0.4) is 0 Å². The van der Waals surface area contributed by atoms with Crippen LogP contribution >= 0.6 is 0 Å². The molecule has 5 heteroatoms. The van der Waals surface area contributed by atoms with Gasteiger partial charge in [0.25, 0.3) is 5.91 Å². The molecule has 0 fully saturated rings. The number of fused-ring (bicyclic) bond motifs is 1. The molecule has 4 nitrogen and oxygen atoms in total. The Morgan fingerprint density at radius 3 is 2.56 bits per heavy atom. The fourth-order valence-corrected chi connectivity index (χ4v) is 4.93. The Labute approximate surface area is 199 Å². The van der Waals surface area contributed by atoms with Gasteiger partial charge in [-0.25, -0.2) is 9.37 Å². The van der Waals surface area contributed by atoms with E-state index in [0.717, 1.165) is 31.2 Å². The van der Waals surface area contributed by atoms with Crippen molar-refractivity contribution in [2.75, 3.05) is 0 Å². The van der Waals surface area contributed by atoms with Crippen LogP contribution in [0, 0.1) is 5.82 Å². The summed E-state index contributed by atoms with van der Waals surface area (Å²) in [6.07, 6.45) is 4.09. The average Bonchev–Trinajstić information content (AvgIpc) is 3.15. The second kappa shape index (κ2) is 9.64. The maximum absolute atomic E-state index is 14.1. The number of halogens is 1. The summed E-state index contributed by atoms with van der Waals surface area (Å²) in [7, 11) is 0. The molecule has 0 radical (unpaired) electrons. The molecule has 1 unspecified atom stereocenters. The van der Waals surface area contributed by atoms with Crippen molar-refractivity contribution in [3.05, 3.63) is 102 Å². The van der Waals surface area contributed by atoms with Gasteiger partial charge >= 0.3 is 0 Å². The molecule has 172 valence electrons. The number of aromatic nitrogens is 2. The Morgan fingerprint density at radius 2 is 1.76 bits per heavy atom. The van der Waals surface area contributed by atoms with E-state index in [2.05, 4.69) is 23.5 Å². The summed E-state index contributed by atoms with van der Waals surface area (Å²) in [5.41, 5.74) is 4.96. The van der Waals surface area contributed by atoms with Crippen LogP contribution < -0.4 is 5.32 Å². The Balaban J connectivity index is 1.61. The molecule has 0 spiro atoms. The van der Waals surface area contributed by atoms with Crippen LogP contribution in [-0.4, -0.2) is 15.5 Å². The van der Waals surface area contributed by atoms with Crippen molar-refractivity contribution in [3.63, 3.8) is 0 Å². The summed E-state index contributed by atoms with van der Waals surface area (Å²) in [6.45, 7) is 2.57. The summed E-state index contributed by atoms with van der Waals surface area (Å²) in [4.78, 5) is 18.7. The highest BCUT2D eigenvalue weighted by Gasteiger charge is 2.27. The van der Waals surface area contributed by atoms with Crippen molar-refractivity contribution >= 4 is 5.91 Å². The van der Waals surface area contributed by atoms with Gasteiger partial charge in [0.2, 0.25) is 0 Å². The van der Waals surface area contributed by atoms with Crippen LogP contribution in [0.15, 0.2) is 78.9 Å². The number of carbonyl (C=O) groups is 1. The van der Waals surface area contributed by atoms with Crippen LogP contribution in [0.5, 0.6) is 0 Å². The van der Waals surface area contributed by atoms with E-state index >= 15 is 0 Å². The maximum Gasteiger partial charge on any atom is 0.270 e. The first-order valence-corrected chi connectivity index (χ1v) is 12.0. The third kappa shape index (κ3) is 4.26. The fraction of sp³-hybridized carbons (Fsp3) is 0.241. The van der Waals surface area contributed by atoms with Crippen LogP contribution in [0.2, 0.25) is 0 Å². The molecule has 5 rings (SSSR count). The molecule has 0 saturated heterocycles. The third-order valence-corrected chi connectivity index (χ3v) is 6.55. The lowest BCUT2D eigenvalue weighted by molar-refractivity contribution is 0.0926. The topological polar surface area (TPSA) is 46.9 Å². The number of aryl methyl sites for hydroxylation is 1. The molecule has 4 aromatic rings. The Bertz CT molecular complexity index is 1310. The number of nitrogens with zero attached hydrogens (tertiary/aromatic N) is 2. The van der Waals surface area contributed by atoms with Crippen LogP contribution in [-0.2, 0) is 13.0 Å². The van der Waals surface area contributed by atoms with Gasteiger partial charge in [-0.1, -0.05) is 73.2 Å². The van der Waals surface area contributed by atoms with E-state index in [1.807, 2.05) is 47.9 Å². The molecule has 1 atom stereocenters. The van der Waals surface area contributed by atoms with Crippen LogP contribution in [0.25, 0.3) is 22.6 Å². The number of hydrogen-bond acceptors (Lipinski definition) is 2. The van der Waals surface area contributed by atoms with E-state index in [0.29, 0.717) is 29.3 Å². The van der Waals surface area contributed by atoms with Crippen molar-refractivity contribution in [1.29, 1.82) is 0 Å². The second-order valence-electron chi connectivity index (χ2n) is 8.72. The standard InChI is InChI=1S/C29H28FN3O/c1-2-33-27(29(34)31-25-18-9-7-12-20-11-6-8-17-24(20)25)26(22-15-10-16-23(30)19-22)32-28(33)21-13-4-3-5-14-21/h3-6,8,10-11,13-17,19,25H,2,7,9,12,18H2,1H3,(H,31,34). The van der Waals surface area contributed by atoms with Gasteiger partial charge in [0, 0.05) is 17.7 Å². The van der Waals surface area contributed by atoms with Gasteiger partial charge in [-0.15, -0.1) is 0 Å². The van der Waals surface area contributed by atoms with Gasteiger partial charge in [0.05, 0.1) is 6.04 Å². The van der Waals surface area contributed by atoms with E-state index in [1.165, 1.54) is 23.3 Å². The van der Waals surface area contributed by atoms with Gasteiger partial charge in [-0.2, -0.15) is 0 Å². The summed E-state index contributed by atoms with van der Waals surface area (Å²) in [5, 5.41) is 3.30. The molecule has 3 aromatic carbocycles. The van der Waals surface area contributed by atoms with Crippen molar-refractivity contribution in [2.45, 2.75) is 45.2 Å². The van der Waals surface area contributed by atoms with Gasteiger partial charge < -0.3 is 9.88 Å². The molecule has 1 N–H and O–H groups in total. The van der Waals surface area contributed by atoms with E-state index in [1.54, 1.807) is 12.1 Å². The predicted molar refractivity (Wildman–Crippen MR) is 133 cm³/mol. The molecular weight excluding hydrogens is 425 g/mol. The molecular formula is C29H28FN3O. The van der Waals surface area contributed by atoms with Gasteiger partial charge in [-0.3, -0.25) is 4.79 Å². The summed E-state index contributed by atoms with van der Waals surface area (Å²) < 4.78 is 16.1. The van der Waals surface area contributed by atoms with E-state index in [9.17, 15) is 9.18 Å². The van der Waals surface area contributed by atoms with Crippen LogP contribution in [0.1, 0.15) is 53.8 Å². The Hall–Kier alpha value is -3.73. The van der Waals surface area contributed by atoms with E-state index in [-0.39, 0.29) is 17.8 Å². The lowest BCUT2D eigenvalue weighted by Crippen LogP contribution is -2.31. The second-order valence-corrected chi connectivity index (χ2v) is 8.72. The minimum atomic E-state index is -0.353. The average molecular weight is 454 g/mol. The van der Waals surface area contributed by atoms with Crippen molar-refractivity contribution < 1.29 is 9.18 Å². The summed E-state index contributed by atoms with van der Waals surface area (Å²) in [6, 6.07) is 24.4. The van der Waals surface area contributed by atoms with Crippen molar-refractivity contribution in [3.8, 4) is 22.6 Å². The zero-order chi connectivity index (χ0) is 23.5. The molecule has 34 heavy (non-hydrogen) atoms. The highest BCUT2D eigenvalue weighted by atomic mass is 19.1. The zero-order valence-corrected chi connectivity index (χ0v) is 19.3. The van der Waals surface area contributed by atoms with Gasteiger partial charge in [0.1, 0.15) is 23.0 Å². The zero-order valence-electron chi connectivity index (χ0n) is 19.3. The van der Waals surface area contributed by atoms with E-state index < -0.39 is 0 Å². The fourth-order valence-electron chi connectivity index (χ4n) is 4.93. The Morgan fingerprint density at radius 1 is 1.00 bits per heavy atom.